The Morgan fingerprint density at radius 1 is 1.48 bits per heavy atom. The van der Waals surface area contributed by atoms with Crippen LogP contribution in [-0.2, 0) is 9.47 Å². The maximum Gasteiger partial charge on any atom is 0.340 e. The molecule has 3 aromatic rings. The standard InChI is InChI=1S/C18H20N6O5/c1-20-10-5-3-2-4-9(10)17(27)29-11-6-13(28-12(11)7-25)24-8-21-14-15(24)22-18(19)23-16(14)26/h2-5,8,11-13,20,25H,6-7H2,1H3,(H3,19,22,23,26)/t11-,12+,13+/m0/s1. The van der Waals surface area contributed by atoms with E-state index in [0.717, 1.165) is 0 Å². The first-order valence-corrected chi connectivity index (χ1v) is 8.98. The molecule has 0 spiro atoms. The lowest BCUT2D eigenvalue weighted by atomic mass is 10.1. The molecule has 5 N–H and O–H groups in total. The molecule has 2 aromatic heterocycles. The molecule has 4 rings (SSSR count). The van der Waals surface area contributed by atoms with Crippen LogP contribution < -0.4 is 16.6 Å². The number of hydrogen-bond donors (Lipinski definition) is 4. The largest absolute Gasteiger partial charge is 0.456 e. The van der Waals surface area contributed by atoms with Crippen LogP contribution in [0.5, 0.6) is 0 Å². The number of aliphatic hydroxyl groups excluding tert-OH is 1. The minimum atomic E-state index is -0.734. The van der Waals surface area contributed by atoms with E-state index in [4.69, 9.17) is 15.2 Å². The molecule has 1 fully saturated rings. The summed E-state index contributed by atoms with van der Waals surface area (Å²) in [5.74, 6) is -0.579. The fraction of sp³-hybridized carbons (Fsp3) is 0.333. The van der Waals surface area contributed by atoms with Gasteiger partial charge in [-0.2, -0.15) is 4.98 Å². The number of nitrogens with zero attached hydrogens (tertiary/aromatic N) is 3. The summed E-state index contributed by atoms with van der Waals surface area (Å²) >= 11 is 0. The Morgan fingerprint density at radius 3 is 3.03 bits per heavy atom. The van der Waals surface area contributed by atoms with E-state index in [1.807, 2.05) is 0 Å². The number of aromatic amines is 1. The number of benzene rings is 1. The van der Waals surface area contributed by atoms with Gasteiger partial charge < -0.3 is 25.6 Å². The fourth-order valence-corrected chi connectivity index (χ4v) is 3.39. The zero-order valence-corrected chi connectivity index (χ0v) is 15.5. The highest BCUT2D eigenvalue weighted by molar-refractivity contribution is 5.95. The third-order valence-electron chi connectivity index (χ3n) is 4.80. The number of carbonyl (C=O) groups is 1. The van der Waals surface area contributed by atoms with E-state index in [1.165, 1.54) is 6.33 Å². The topological polar surface area (TPSA) is 157 Å². The van der Waals surface area contributed by atoms with Crippen molar-refractivity contribution in [1.29, 1.82) is 0 Å². The maximum atomic E-state index is 12.6. The molecule has 0 aliphatic carbocycles. The van der Waals surface area contributed by atoms with E-state index in [1.54, 1.807) is 35.9 Å². The van der Waals surface area contributed by atoms with Crippen molar-refractivity contribution in [3.8, 4) is 0 Å². The zero-order valence-electron chi connectivity index (χ0n) is 15.5. The van der Waals surface area contributed by atoms with Crippen molar-refractivity contribution in [3.63, 3.8) is 0 Å². The number of aromatic nitrogens is 4. The Hall–Kier alpha value is -3.44. The van der Waals surface area contributed by atoms with E-state index in [9.17, 15) is 14.7 Å². The predicted octanol–water partition coefficient (Wildman–Crippen LogP) is 0.249. The van der Waals surface area contributed by atoms with Crippen LogP contribution in [0.3, 0.4) is 0 Å². The van der Waals surface area contributed by atoms with E-state index in [0.29, 0.717) is 11.3 Å². The highest BCUT2D eigenvalue weighted by Gasteiger charge is 2.39. The van der Waals surface area contributed by atoms with Gasteiger partial charge in [0.2, 0.25) is 5.95 Å². The first kappa shape index (κ1) is 18.9. The van der Waals surface area contributed by atoms with Gasteiger partial charge in [0.25, 0.3) is 5.56 Å². The summed E-state index contributed by atoms with van der Waals surface area (Å²) in [5.41, 5.74) is 6.54. The molecule has 0 amide bonds. The van der Waals surface area contributed by atoms with Gasteiger partial charge in [0.15, 0.2) is 11.2 Å². The van der Waals surface area contributed by atoms with Crippen molar-refractivity contribution < 1.29 is 19.4 Å². The SMILES string of the molecule is CNc1ccccc1C(=O)O[C@H]1C[C@H](n2cnc3c(=O)[nH]c(N)nc32)O[C@@H]1CO. The number of esters is 1. The lowest BCUT2D eigenvalue weighted by Crippen LogP contribution is -2.30. The number of H-pyrrole nitrogens is 1. The average Bonchev–Trinajstić information content (AvgIpc) is 3.31. The minimum Gasteiger partial charge on any atom is -0.456 e. The number of para-hydroxylation sites is 1. The Morgan fingerprint density at radius 2 is 2.28 bits per heavy atom. The summed E-state index contributed by atoms with van der Waals surface area (Å²) in [6, 6.07) is 6.95. The van der Waals surface area contributed by atoms with Crippen molar-refractivity contribution >= 4 is 28.8 Å². The lowest BCUT2D eigenvalue weighted by molar-refractivity contribution is -0.0500. The van der Waals surface area contributed by atoms with Gasteiger partial charge in [-0.1, -0.05) is 12.1 Å². The summed E-state index contributed by atoms with van der Waals surface area (Å²) in [6.07, 6.45) is -0.408. The van der Waals surface area contributed by atoms with Crippen LogP contribution in [-0.4, -0.2) is 56.5 Å². The van der Waals surface area contributed by atoms with Gasteiger partial charge in [-0.15, -0.1) is 0 Å². The van der Waals surface area contributed by atoms with E-state index in [-0.39, 0.29) is 30.1 Å². The Labute approximate surface area is 164 Å². The van der Waals surface area contributed by atoms with Gasteiger partial charge in [-0.3, -0.25) is 14.3 Å². The van der Waals surface area contributed by atoms with Crippen molar-refractivity contribution in [2.45, 2.75) is 24.9 Å². The summed E-state index contributed by atoms with van der Waals surface area (Å²) in [4.78, 5) is 35.2. The molecule has 0 radical (unpaired) electrons. The zero-order chi connectivity index (χ0) is 20.5. The normalized spacial score (nSPS) is 21.4. The highest BCUT2D eigenvalue weighted by atomic mass is 16.6. The van der Waals surface area contributed by atoms with E-state index in [2.05, 4.69) is 20.3 Å². The molecule has 1 saturated heterocycles. The third kappa shape index (κ3) is 3.41. The Balaban J connectivity index is 1.58. The molecule has 3 atom stereocenters. The summed E-state index contributed by atoms with van der Waals surface area (Å²) in [6.45, 7) is -0.342. The molecule has 3 heterocycles. The van der Waals surface area contributed by atoms with Crippen LogP contribution in [0.2, 0.25) is 0 Å². The maximum absolute atomic E-state index is 12.6. The number of aliphatic hydroxyl groups is 1. The summed E-state index contributed by atoms with van der Waals surface area (Å²) in [5, 5.41) is 12.6. The average molecular weight is 400 g/mol. The van der Waals surface area contributed by atoms with Crippen molar-refractivity contribution in [3.05, 3.63) is 46.5 Å². The number of ether oxygens (including phenoxy) is 2. The number of rotatable bonds is 5. The van der Waals surface area contributed by atoms with Gasteiger partial charge in [-0.05, 0) is 12.1 Å². The van der Waals surface area contributed by atoms with Crippen LogP contribution in [0.4, 0.5) is 11.6 Å². The van der Waals surface area contributed by atoms with Crippen LogP contribution in [0.25, 0.3) is 11.2 Å². The number of nitrogens with one attached hydrogen (secondary N) is 2. The van der Waals surface area contributed by atoms with E-state index < -0.39 is 30.0 Å². The Bertz CT molecular complexity index is 1110. The first-order valence-electron chi connectivity index (χ1n) is 8.98. The quantitative estimate of drug-likeness (QED) is 0.441. The fourth-order valence-electron chi connectivity index (χ4n) is 3.39. The van der Waals surface area contributed by atoms with Crippen LogP contribution in [0.15, 0.2) is 35.4 Å². The van der Waals surface area contributed by atoms with Gasteiger partial charge in [0.1, 0.15) is 18.4 Å². The highest BCUT2D eigenvalue weighted by Crippen LogP contribution is 2.33. The van der Waals surface area contributed by atoms with Gasteiger partial charge in [0, 0.05) is 19.2 Å². The third-order valence-corrected chi connectivity index (χ3v) is 4.80. The van der Waals surface area contributed by atoms with Gasteiger partial charge in [0.05, 0.1) is 18.5 Å². The second kappa shape index (κ2) is 7.53. The second-order valence-corrected chi connectivity index (χ2v) is 6.56. The molecule has 29 heavy (non-hydrogen) atoms. The van der Waals surface area contributed by atoms with E-state index >= 15 is 0 Å². The van der Waals surface area contributed by atoms with Crippen molar-refractivity contribution in [1.82, 2.24) is 19.5 Å². The number of nitrogen functional groups attached to an aromatic ring is 1. The van der Waals surface area contributed by atoms with Crippen molar-refractivity contribution in [2.75, 3.05) is 24.7 Å². The molecule has 11 nitrogen and oxygen atoms in total. The molecule has 0 bridgehead atoms. The number of imidazole rings is 1. The van der Waals surface area contributed by atoms with Crippen molar-refractivity contribution in [2.24, 2.45) is 0 Å². The predicted molar refractivity (Wildman–Crippen MR) is 103 cm³/mol. The molecular weight excluding hydrogens is 380 g/mol. The molecule has 0 unspecified atom stereocenters. The molecular formula is C18H20N6O5. The molecule has 11 heteroatoms. The van der Waals surface area contributed by atoms with Gasteiger partial charge >= 0.3 is 5.97 Å². The second-order valence-electron chi connectivity index (χ2n) is 6.56. The molecule has 0 saturated carbocycles. The smallest absolute Gasteiger partial charge is 0.340 e. The minimum absolute atomic E-state index is 0.0485. The monoisotopic (exact) mass is 400 g/mol. The number of fused-ring (bicyclic) bond motifs is 1. The summed E-state index contributed by atoms with van der Waals surface area (Å²) < 4.78 is 13.0. The summed E-state index contributed by atoms with van der Waals surface area (Å²) in [7, 11) is 1.71. The van der Waals surface area contributed by atoms with Crippen LogP contribution in [0.1, 0.15) is 23.0 Å². The number of anilines is 2. The molecule has 1 aliphatic rings. The molecule has 1 aromatic carbocycles. The first-order chi connectivity index (χ1) is 14.0. The Kier molecular flexibility index (Phi) is 4.91. The van der Waals surface area contributed by atoms with Crippen LogP contribution >= 0.6 is 0 Å². The number of carbonyl (C=O) groups excluding carboxylic acids is 1. The van der Waals surface area contributed by atoms with Gasteiger partial charge in [-0.25, -0.2) is 9.78 Å². The molecule has 1 aliphatic heterocycles. The number of hydrogen-bond acceptors (Lipinski definition) is 9. The van der Waals surface area contributed by atoms with Crippen LogP contribution in [0, 0.1) is 0 Å². The molecule has 152 valence electrons. The lowest BCUT2D eigenvalue weighted by Gasteiger charge is -2.17. The number of nitrogens with two attached hydrogens (primary N) is 1.